The number of aromatic nitrogens is 3. The lowest BCUT2D eigenvalue weighted by Gasteiger charge is -2.35. The number of nitrogens with zero attached hydrogens (tertiary/aromatic N) is 4. The molecule has 1 aromatic heterocycles. The number of methoxy groups -OCH3 is 1. The molecule has 3 rings (SSSR count). The lowest BCUT2D eigenvalue weighted by Crippen LogP contribution is -2.48. The molecule has 0 radical (unpaired) electrons. The van der Waals surface area contributed by atoms with Crippen LogP contribution < -0.4 is 5.32 Å². The van der Waals surface area contributed by atoms with Gasteiger partial charge >= 0.3 is 12.0 Å². The van der Waals surface area contributed by atoms with Crippen LogP contribution in [0.2, 0.25) is 0 Å². The molecule has 0 unspecified atom stereocenters. The van der Waals surface area contributed by atoms with Gasteiger partial charge in [-0.1, -0.05) is 19.4 Å². The van der Waals surface area contributed by atoms with Crippen LogP contribution in [0.25, 0.3) is 5.69 Å². The number of allylic oxidation sites excluding steroid dienone is 1. The van der Waals surface area contributed by atoms with Crippen LogP contribution in [0, 0.1) is 5.82 Å². The van der Waals surface area contributed by atoms with Crippen molar-refractivity contribution in [2.45, 2.75) is 32.7 Å². The number of unbranched alkanes of at least 4 members (excludes halogenated alkanes) is 1. The molecule has 1 N–H and O–H groups in total. The van der Waals surface area contributed by atoms with E-state index in [-0.39, 0.29) is 17.3 Å². The Hall–Kier alpha value is -3.23. The van der Waals surface area contributed by atoms with Crippen molar-refractivity contribution in [1.29, 1.82) is 0 Å². The largest absolute Gasteiger partial charge is 0.466 e. The van der Waals surface area contributed by atoms with Crippen molar-refractivity contribution in [2.24, 2.45) is 0 Å². The van der Waals surface area contributed by atoms with E-state index in [1.807, 2.05) is 6.92 Å². The summed E-state index contributed by atoms with van der Waals surface area (Å²) in [7, 11) is 1.28. The van der Waals surface area contributed by atoms with E-state index in [0.29, 0.717) is 17.8 Å². The van der Waals surface area contributed by atoms with Crippen molar-refractivity contribution in [3.8, 4) is 5.69 Å². The fourth-order valence-corrected chi connectivity index (χ4v) is 3.21. The molecule has 148 valence electrons. The standard InChI is InChI=1S/C19H22FN5O3/c1-4-5-8-24-12(2)16(18(26)28-3)17(23-19(24)27)13-6-7-15(14(20)9-13)25-11-21-10-22-25/h6-7,9-11,17H,4-5,8H2,1-3H3,(H,23,27)/t17-/m0/s1. The van der Waals surface area contributed by atoms with Gasteiger partial charge in [0.25, 0.3) is 0 Å². The van der Waals surface area contributed by atoms with Gasteiger partial charge in [-0.05, 0) is 31.0 Å². The third kappa shape index (κ3) is 3.60. The highest BCUT2D eigenvalue weighted by Crippen LogP contribution is 2.32. The van der Waals surface area contributed by atoms with Gasteiger partial charge in [0.2, 0.25) is 0 Å². The van der Waals surface area contributed by atoms with Crippen LogP contribution in [0.15, 0.2) is 42.1 Å². The molecule has 9 heteroatoms. The molecule has 0 saturated heterocycles. The van der Waals surface area contributed by atoms with E-state index in [1.54, 1.807) is 13.0 Å². The molecular weight excluding hydrogens is 365 g/mol. The number of amides is 2. The zero-order chi connectivity index (χ0) is 20.3. The van der Waals surface area contributed by atoms with Gasteiger partial charge < -0.3 is 10.1 Å². The Morgan fingerprint density at radius 1 is 1.39 bits per heavy atom. The van der Waals surface area contributed by atoms with Crippen LogP contribution in [0.3, 0.4) is 0 Å². The average molecular weight is 387 g/mol. The summed E-state index contributed by atoms with van der Waals surface area (Å²) in [6, 6.07) is 3.31. The van der Waals surface area contributed by atoms with Crippen LogP contribution in [0.1, 0.15) is 38.3 Å². The lowest BCUT2D eigenvalue weighted by molar-refractivity contribution is -0.136. The average Bonchev–Trinajstić information content (AvgIpc) is 3.21. The summed E-state index contributed by atoms with van der Waals surface area (Å²) in [5.41, 5.74) is 1.44. The van der Waals surface area contributed by atoms with Gasteiger partial charge in [0.1, 0.15) is 24.2 Å². The first-order chi connectivity index (χ1) is 13.5. The Morgan fingerprint density at radius 2 is 2.18 bits per heavy atom. The van der Waals surface area contributed by atoms with Crippen LogP contribution >= 0.6 is 0 Å². The van der Waals surface area contributed by atoms with E-state index in [2.05, 4.69) is 15.4 Å². The van der Waals surface area contributed by atoms with E-state index < -0.39 is 17.8 Å². The number of hydrogen-bond donors (Lipinski definition) is 1. The molecule has 2 aromatic rings. The fourth-order valence-electron chi connectivity index (χ4n) is 3.21. The van der Waals surface area contributed by atoms with Gasteiger partial charge in [0.15, 0.2) is 0 Å². The van der Waals surface area contributed by atoms with Crippen molar-refractivity contribution < 1.29 is 18.7 Å². The van der Waals surface area contributed by atoms with Gasteiger partial charge in [-0.25, -0.2) is 23.6 Å². The molecule has 0 aliphatic carbocycles. The maximum Gasteiger partial charge on any atom is 0.337 e. The van der Waals surface area contributed by atoms with E-state index in [1.165, 1.54) is 41.5 Å². The molecule has 0 saturated carbocycles. The summed E-state index contributed by atoms with van der Waals surface area (Å²) in [6.45, 7) is 4.21. The first-order valence-corrected chi connectivity index (χ1v) is 8.99. The van der Waals surface area contributed by atoms with Crippen molar-refractivity contribution in [3.63, 3.8) is 0 Å². The van der Waals surface area contributed by atoms with Crippen molar-refractivity contribution in [1.82, 2.24) is 25.0 Å². The van der Waals surface area contributed by atoms with Crippen molar-refractivity contribution >= 4 is 12.0 Å². The van der Waals surface area contributed by atoms with E-state index >= 15 is 0 Å². The molecule has 1 aromatic carbocycles. The Morgan fingerprint density at radius 3 is 2.79 bits per heavy atom. The third-order valence-electron chi connectivity index (χ3n) is 4.71. The zero-order valence-electron chi connectivity index (χ0n) is 16.0. The third-order valence-corrected chi connectivity index (χ3v) is 4.71. The summed E-state index contributed by atoms with van der Waals surface area (Å²) in [6.07, 6.45) is 4.39. The summed E-state index contributed by atoms with van der Waals surface area (Å²) in [5, 5.41) is 6.71. The fraction of sp³-hybridized carbons (Fsp3) is 0.368. The minimum atomic E-state index is -0.808. The second-order valence-corrected chi connectivity index (χ2v) is 6.43. The second kappa shape index (κ2) is 8.20. The highest BCUT2D eigenvalue weighted by Gasteiger charge is 2.36. The molecule has 1 atom stereocenters. The Balaban J connectivity index is 2.02. The van der Waals surface area contributed by atoms with Gasteiger partial charge in [0.05, 0.1) is 18.7 Å². The molecule has 1 aliphatic rings. The maximum atomic E-state index is 14.7. The number of carbonyl (C=O) groups is 2. The predicted octanol–water partition coefficient (Wildman–Crippen LogP) is 2.72. The van der Waals surface area contributed by atoms with Gasteiger partial charge in [-0.15, -0.1) is 0 Å². The number of rotatable bonds is 6. The molecular formula is C19H22FN5O3. The van der Waals surface area contributed by atoms with Gasteiger partial charge in [-0.3, -0.25) is 4.90 Å². The SMILES string of the molecule is CCCCN1C(=O)N[C@@H](c2ccc(-n3cncn3)c(F)c2)C(C(=O)OC)=C1C. The number of urea groups is 1. The van der Waals surface area contributed by atoms with Crippen LogP contribution in [0.4, 0.5) is 9.18 Å². The molecule has 0 fully saturated rings. The number of carbonyl (C=O) groups excluding carboxylic acids is 2. The molecule has 2 heterocycles. The van der Waals surface area contributed by atoms with Crippen LogP contribution in [-0.4, -0.2) is 45.3 Å². The Kier molecular flexibility index (Phi) is 5.72. The second-order valence-electron chi connectivity index (χ2n) is 6.43. The van der Waals surface area contributed by atoms with E-state index in [9.17, 15) is 14.0 Å². The quantitative estimate of drug-likeness (QED) is 0.770. The first kappa shape index (κ1) is 19.5. The first-order valence-electron chi connectivity index (χ1n) is 8.99. The maximum absolute atomic E-state index is 14.7. The number of esters is 1. The summed E-state index contributed by atoms with van der Waals surface area (Å²) in [4.78, 5) is 30.4. The molecule has 0 spiro atoms. The number of ether oxygens (including phenoxy) is 1. The van der Waals surface area contributed by atoms with Crippen molar-refractivity contribution in [2.75, 3.05) is 13.7 Å². The Bertz CT molecular complexity index is 910. The number of benzene rings is 1. The highest BCUT2D eigenvalue weighted by molar-refractivity contribution is 5.95. The molecule has 8 nitrogen and oxygen atoms in total. The number of halogens is 1. The molecule has 2 amide bonds. The summed E-state index contributed by atoms with van der Waals surface area (Å²) in [5.74, 6) is -1.11. The smallest absolute Gasteiger partial charge is 0.337 e. The number of nitrogens with one attached hydrogen (secondary N) is 1. The van der Waals surface area contributed by atoms with Crippen LogP contribution in [0.5, 0.6) is 0 Å². The van der Waals surface area contributed by atoms with E-state index in [4.69, 9.17) is 4.74 Å². The lowest BCUT2D eigenvalue weighted by atomic mass is 9.94. The zero-order valence-corrected chi connectivity index (χ0v) is 16.0. The summed E-state index contributed by atoms with van der Waals surface area (Å²) >= 11 is 0. The van der Waals surface area contributed by atoms with Crippen molar-refractivity contribution in [3.05, 3.63) is 53.5 Å². The number of hydrogen-bond acceptors (Lipinski definition) is 5. The topological polar surface area (TPSA) is 89.4 Å². The highest BCUT2D eigenvalue weighted by atomic mass is 19.1. The minimum Gasteiger partial charge on any atom is -0.466 e. The van der Waals surface area contributed by atoms with E-state index in [0.717, 1.165) is 12.8 Å². The Labute approximate surface area is 162 Å². The molecule has 0 bridgehead atoms. The predicted molar refractivity (Wildman–Crippen MR) is 98.9 cm³/mol. The minimum absolute atomic E-state index is 0.216. The van der Waals surface area contributed by atoms with Crippen LogP contribution in [-0.2, 0) is 9.53 Å². The molecule has 28 heavy (non-hydrogen) atoms. The monoisotopic (exact) mass is 387 g/mol. The van der Waals surface area contributed by atoms with Gasteiger partial charge in [0, 0.05) is 12.2 Å². The normalized spacial score (nSPS) is 16.9. The molecule has 1 aliphatic heterocycles. The summed E-state index contributed by atoms with van der Waals surface area (Å²) < 4.78 is 20.9. The van der Waals surface area contributed by atoms with Gasteiger partial charge in [-0.2, -0.15) is 5.10 Å².